The molecule has 4 nitrogen and oxygen atoms in total. The maximum atomic E-state index is 11.1. The molecule has 2 N–H and O–H groups in total. The Labute approximate surface area is 85.4 Å². The molecule has 0 aromatic rings. The van der Waals surface area contributed by atoms with Gasteiger partial charge >= 0.3 is 0 Å². The lowest BCUT2D eigenvalue weighted by atomic mass is 10.3. The zero-order valence-corrected chi connectivity index (χ0v) is 8.80. The van der Waals surface area contributed by atoms with Gasteiger partial charge in [-0.15, -0.1) is 0 Å². The van der Waals surface area contributed by atoms with Crippen molar-refractivity contribution >= 4 is 11.8 Å². The zero-order chi connectivity index (χ0) is 10.8. The van der Waals surface area contributed by atoms with Crippen molar-refractivity contribution < 1.29 is 9.59 Å². The average Bonchev–Trinajstić information content (AvgIpc) is 2.15. The van der Waals surface area contributed by atoms with Gasteiger partial charge in [-0.2, -0.15) is 0 Å². The van der Waals surface area contributed by atoms with E-state index in [-0.39, 0.29) is 18.2 Å². The summed E-state index contributed by atoms with van der Waals surface area (Å²) in [5.41, 5.74) is 0. The highest BCUT2D eigenvalue weighted by molar-refractivity contribution is 5.96. The van der Waals surface area contributed by atoms with Crippen molar-refractivity contribution in [2.24, 2.45) is 0 Å². The van der Waals surface area contributed by atoms with Crippen LogP contribution in [0.5, 0.6) is 0 Å². The molecular formula is C10H18N2O2+2. The monoisotopic (exact) mass is 198 g/mol. The Kier molecular flexibility index (Phi) is 7.50. The van der Waals surface area contributed by atoms with E-state index in [4.69, 9.17) is 0 Å². The third-order valence-corrected chi connectivity index (χ3v) is 1.56. The molecule has 0 aliphatic carbocycles. The topological polar surface area (TPSA) is 58.2 Å². The maximum absolute atomic E-state index is 11.1. The van der Waals surface area contributed by atoms with Gasteiger partial charge in [-0.3, -0.25) is 9.59 Å². The fourth-order valence-corrected chi connectivity index (χ4v) is 0.817. The molecule has 0 unspecified atom stereocenters. The minimum atomic E-state index is -0.239. The van der Waals surface area contributed by atoms with E-state index in [0.29, 0.717) is 13.1 Å². The van der Waals surface area contributed by atoms with Crippen LogP contribution in [0.4, 0.5) is 0 Å². The summed E-state index contributed by atoms with van der Waals surface area (Å²) in [5.74, 6) is -0.472. The number of hydrogen-bond acceptors (Lipinski definition) is 2. The van der Waals surface area contributed by atoms with Crippen molar-refractivity contribution in [3.8, 4) is 0 Å². The number of carbonyl (C=O) groups excluding carboxylic acids is 2. The first-order valence-corrected chi connectivity index (χ1v) is 4.83. The first kappa shape index (κ1) is 12.7. The Bertz CT molecular complexity index is 181. The van der Waals surface area contributed by atoms with Crippen molar-refractivity contribution in [2.45, 2.75) is 26.7 Å². The van der Waals surface area contributed by atoms with Crippen LogP contribution in [0.3, 0.4) is 0 Å². The van der Waals surface area contributed by atoms with Crippen LogP contribution in [0.15, 0.2) is 0 Å². The van der Waals surface area contributed by atoms with E-state index in [0.717, 1.165) is 6.42 Å². The van der Waals surface area contributed by atoms with Crippen LogP contribution in [0.2, 0.25) is 0 Å². The van der Waals surface area contributed by atoms with Crippen LogP contribution in [0.1, 0.15) is 26.7 Å². The molecule has 14 heavy (non-hydrogen) atoms. The molecular weight excluding hydrogens is 180 g/mol. The second-order valence-corrected chi connectivity index (χ2v) is 2.89. The first-order valence-electron chi connectivity index (χ1n) is 4.83. The van der Waals surface area contributed by atoms with Gasteiger partial charge in [0.2, 0.25) is 11.8 Å². The van der Waals surface area contributed by atoms with Crippen LogP contribution in [-0.4, -0.2) is 24.9 Å². The first-order chi connectivity index (χ1) is 6.70. The van der Waals surface area contributed by atoms with Gasteiger partial charge in [0.15, 0.2) is 13.1 Å². The lowest BCUT2D eigenvalue weighted by Gasteiger charge is -2.00. The molecule has 0 bridgehead atoms. The summed E-state index contributed by atoms with van der Waals surface area (Å²) in [6, 6.07) is 0. The van der Waals surface area contributed by atoms with Gasteiger partial charge in [0.1, 0.15) is 6.42 Å². The van der Waals surface area contributed by atoms with Gasteiger partial charge in [0, 0.05) is 0 Å². The third kappa shape index (κ3) is 7.34. The van der Waals surface area contributed by atoms with E-state index in [2.05, 4.69) is 10.6 Å². The molecule has 2 amide bonds. The largest absolute Gasteiger partial charge is 0.317 e. The smallest absolute Gasteiger partial charge is 0.232 e. The Morgan fingerprint density at radius 2 is 1.71 bits per heavy atom. The number of hydrogen-bond donors (Lipinski definition) is 2. The summed E-state index contributed by atoms with van der Waals surface area (Å²) < 4.78 is 0. The second-order valence-electron chi connectivity index (χ2n) is 2.89. The summed E-state index contributed by atoms with van der Waals surface area (Å²) in [6.45, 7) is 4.88. The van der Waals surface area contributed by atoms with E-state index in [1.165, 1.54) is 0 Å². The molecule has 0 rings (SSSR count). The molecule has 0 radical (unpaired) electrons. The van der Waals surface area contributed by atoms with Crippen molar-refractivity contribution in [3.63, 3.8) is 0 Å². The van der Waals surface area contributed by atoms with Gasteiger partial charge in [-0.25, -0.2) is 0 Å². The molecule has 0 atom stereocenters. The van der Waals surface area contributed by atoms with Crippen LogP contribution in [0, 0.1) is 12.8 Å². The average molecular weight is 198 g/mol. The van der Waals surface area contributed by atoms with E-state index in [1.54, 1.807) is 0 Å². The summed E-state index contributed by atoms with van der Waals surface area (Å²) in [6.07, 6.45) is 4.58. The number of nitrogens with one attached hydrogen (secondary N) is 2. The molecule has 0 saturated carbocycles. The minimum absolute atomic E-state index is 0.0919. The summed E-state index contributed by atoms with van der Waals surface area (Å²) in [5, 5.41) is 5.21. The number of amides is 2. The van der Waals surface area contributed by atoms with Crippen LogP contribution < -0.4 is 10.6 Å². The van der Waals surface area contributed by atoms with Crippen molar-refractivity contribution in [1.29, 1.82) is 0 Å². The molecule has 0 aliphatic rings. The van der Waals surface area contributed by atoms with Gasteiger partial charge in [-0.1, -0.05) is 0 Å². The van der Waals surface area contributed by atoms with Crippen molar-refractivity contribution in [1.82, 2.24) is 10.6 Å². The highest BCUT2D eigenvalue weighted by atomic mass is 16.2. The fourth-order valence-electron chi connectivity index (χ4n) is 0.817. The molecule has 0 saturated heterocycles. The molecule has 0 fully saturated rings. The minimum Gasteiger partial charge on any atom is -0.317 e. The molecule has 4 heteroatoms. The Hall–Kier alpha value is -1.32. The molecule has 0 aromatic heterocycles. The third-order valence-electron chi connectivity index (χ3n) is 1.56. The standard InChI is InChI=1S/C10H16N2O2/c1-3-5-7-12-10(14)8-9(13)11-6-4-2/h4-5H,3,6-8H2,1-2H3/p+2. The lowest BCUT2D eigenvalue weighted by molar-refractivity contribution is -0.129. The van der Waals surface area contributed by atoms with Crippen LogP contribution in [-0.2, 0) is 9.59 Å². The highest BCUT2D eigenvalue weighted by Crippen LogP contribution is 1.84. The lowest BCUT2D eigenvalue weighted by Crippen LogP contribution is -2.32. The summed E-state index contributed by atoms with van der Waals surface area (Å²) in [7, 11) is 0. The van der Waals surface area contributed by atoms with E-state index in [1.807, 2.05) is 26.7 Å². The molecule has 78 valence electrons. The highest BCUT2D eigenvalue weighted by Gasteiger charge is 2.09. The maximum Gasteiger partial charge on any atom is 0.232 e. The van der Waals surface area contributed by atoms with Gasteiger partial charge < -0.3 is 10.6 Å². The second kappa shape index (κ2) is 8.29. The molecule has 0 aliphatic heterocycles. The normalized spacial score (nSPS) is 9.00. The molecule has 0 aromatic carbocycles. The number of rotatable bonds is 7. The predicted octanol–water partition coefficient (Wildman–Crippen LogP) is 0.447. The van der Waals surface area contributed by atoms with Gasteiger partial charge in [0.25, 0.3) is 0 Å². The number of carbonyl (C=O) groups is 2. The van der Waals surface area contributed by atoms with E-state index >= 15 is 0 Å². The van der Waals surface area contributed by atoms with Crippen molar-refractivity contribution in [2.75, 3.05) is 13.1 Å². The van der Waals surface area contributed by atoms with E-state index in [9.17, 15) is 9.59 Å². The Morgan fingerprint density at radius 1 is 1.14 bits per heavy atom. The summed E-state index contributed by atoms with van der Waals surface area (Å²) in [4.78, 5) is 22.1. The van der Waals surface area contributed by atoms with Gasteiger partial charge in [-0.05, 0) is 6.92 Å². The van der Waals surface area contributed by atoms with Crippen LogP contribution >= 0.6 is 0 Å². The summed E-state index contributed by atoms with van der Waals surface area (Å²) >= 11 is 0. The number of unbranched alkanes of at least 4 members (excludes halogenated alkanes) is 1. The zero-order valence-electron chi connectivity index (χ0n) is 8.80. The van der Waals surface area contributed by atoms with Crippen LogP contribution in [0.25, 0.3) is 0 Å². The Morgan fingerprint density at radius 3 is 2.21 bits per heavy atom. The predicted molar refractivity (Wildman–Crippen MR) is 55.2 cm³/mol. The van der Waals surface area contributed by atoms with Gasteiger partial charge in [0.05, 0.1) is 26.2 Å². The molecule has 0 spiro atoms. The molecule has 0 heterocycles. The SMILES string of the molecule is C[CH+]CNC(=O)CC(=O)NC[CH+]CC. The Balaban J connectivity index is 3.45. The fraction of sp³-hybridized carbons (Fsp3) is 0.600. The quantitative estimate of drug-likeness (QED) is 0.354. The van der Waals surface area contributed by atoms with E-state index < -0.39 is 0 Å². The van der Waals surface area contributed by atoms with Crippen molar-refractivity contribution in [3.05, 3.63) is 12.8 Å².